The van der Waals surface area contributed by atoms with Gasteiger partial charge in [-0.05, 0) is 49.6 Å². The van der Waals surface area contributed by atoms with Gasteiger partial charge in [0.05, 0.1) is 11.4 Å². The van der Waals surface area contributed by atoms with E-state index in [1.54, 1.807) is 12.1 Å². The Hall–Kier alpha value is -2.23. The van der Waals surface area contributed by atoms with Gasteiger partial charge in [0.25, 0.3) is 0 Å². The van der Waals surface area contributed by atoms with Crippen LogP contribution in [0.1, 0.15) is 19.3 Å². The van der Waals surface area contributed by atoms with Crippen molar-refractivity contribution in [1.29, 1.82) is 0 Å². The Kier molecular flexibility index (Phi) is 7.05. The van der Waals surface area contributed by atoms with Crippen LogP contribution < -0.4 is 5.32 Å². The standard InChI is InChI=1S/C20H28N4O4S/c1-2-19(25)21-17-6-8-18(9-7-17)29(27,28)24-14-12-22(13-15-24)16-20(26)23-10-4-3-5-11-23/h2,6-9H,1,3-5,10-16H2,(H,21,25). The number of piperidine rings is 1. The second-order valence-electron chi connectivity index (χ2n) is 7.34. The molecule has 158 valence electrons. The van der Waals surface area contributed by atoms with Gasteiger partial charge in [0.15, 0.2) is 0 Å². The highest BCUT2D eigenvalue weighted by atomic mass is 32.2. The summed E-state index contributed by atoms with van der Waals surface area (Å²) < 4.78 is 27.2. The summed E-state index contributed by atoms with van der Waals surface area (Å²) in [6.07, 6.45) is 4.46. The molecule has 2 fully saturated rings. The van der Waals surface area contributed by atoms with Crippen molar-refractivity contribution >= 4 is 27.5 Å². The molecule has 2 aliphatic heterocycles. The molecule has 0 aliphatic carbocycles. The third-order valence-electron chi connectivity index (χ3n) is 5.34. The van der Waals surface area contributed by atoms with Gasteiger partial charge in [0.2, 0.25) is 21.8 Å². The summed E-state index contributed by atoms with van der Waals surface area (Å²) in [5, 5.41) is 2.59. The number of benzene rings is 1. The van der Waals surface area contributed by atoms with Crippen molar-refractivity contribution in [2.75, 3.05) is 51.1 Å². The number of anilines is 1. The van der Waals surface area contributed by atoms with E-state index in [-0.39, 0.29) is 16.7 Å². The summed E-state index contributed by atoms with van der Waals surface area (Å²) >= 11 is 0. The Bertz CT molecular complexity index is 840. The molecule has 1 aromatic carbocycles. The molecule has 2 heterocycles. The van der Waals surface area contributed by atoms with Crippen LogP contribution in [0.15, 0.2) is 41.8 Å². The lowest BCUT2D eigenvalue weighted by atomic mass is 10.1. The van der Waals surface area contributed by atoms with Crippen molar-refractivity contribution in [1.82, 2.24) is 14.1 Å². The number of piperazine rings is 1. The van der Waals surface area contributed by atoms with E-state index in [0.29, 0.717) is 38.4 Å². The summed E-state index contributed by atoms with van der Waals surface area (Å²) in [5.41, 5.74) is 0.509. The minimum atomic E-state index is -3.61. The smallest absolute Gasteiger partial charge is 0.247 e. The molecule has 2 aliphatic rings. The quantitative estimate of drug-likeness (QED) is 0.697. The van der Waals surface area contributed by atoms with Crippen LogP contribution >= 0.6 is 0 Å². The predicted molar refractivity (Wildman–Crippen MR) is 111 cm³/mol. The van der Waals surface area contributed by atoms with Crippen LogP contribution in [-0.2, 0) is 19.6 Å². The number of hydrogen-bond donors (Lipinski definition) is 1. The van der Waals surface area contributed by atoms with Gasteiger partial charge in [0, 0.05) is 45.0 Å². The number of rotatable bonds is 6. The highest BCUT2D eigenvalue weighted by Gasteiger charge is 2.29. The van der Waals surface area contributed by atoms with E-state index in [2.05, 4.69) is 11.9 Å². The molecule has 2 saturated heterocycles. The molecule has 0 bridgehead atoms. The van der Waals surface area contributed by atoms with Crippen LogP contribution in [0, 0.1) is 0 Å². The number of likely N-dealkylation sites (tertiary alicyclic amines) is 1. The van der Waals surface area contributed by atoms with Gasteiger partial charge in [-0.3, -0.25) is 14.5 Å². The molecular weight excluding hydrogens is 392 g/mol. The number of carbonyl (C=O) groups excluding carboxylic acids is 2. The summed E-state index contributed by atoms with van der Waals surface area (Å²) in [6.45, 7) is 7.17. The highest BCUT2D eigenvalue weighted by molar-refractivity contribution is 7.89. The van der Waals surface area contributed by atoms with Gasteiger partial charge in [-0.15, -0.1) is 0 Å². The molecule has 9 heteroatoms. The number of carbonyl (C=O) groups is 2. The number of nitrogens with zero attached hydrogens (tertiary/aromatic N) is 3. The molecular formula is C20H28N4O4S. The largest absolute Gasteiger partial charge is 0.342 e. The third-order valence-corrected chi connectivity index (χ3v) is 7.26. The van der Waals surface area contributed by atoms with Gasteiger partial charge < -0.3 is 10.2 Å². The zero-order chi connectivity index (χ0) is 20.9. The van der Waals surface area contributed by atoms with E-state index in [1.807, 2.05) is 9.80 Å². The molecule has 1 N–H and O–H groups in total. The molecule has 0 unspecified atom stereocenters. The Morgan fingerprint density at radius 2 is 1.59 bits per heavy atom. The fourth-order valence-electron chi connectivity index (χ4n) is 3.62. The summed E-state index contributed by atoms with van der Waals surface area (Å²) in [7, 11) is -3.61. The first-order chi connectivity index (χ1) is 13.9. The van der Waals surface area contributed by atoms with Gasteiger partial charge in [0.1, 0.15) is 0 Å². The lowest BCUT2D eigenvalue weighted by molar-refractivity contribution is -0.133. The number of hydrogen-bond acceptors (Lipinski definition) is 5. The lowest BCUT2D eigenvalue weighted by Gasteiger charge is -2.35. The molecule has 0 spiro atoms. The topological polar surface area (TPSA) is 90.0 Å². The Morgan fingerprint density at radius 3 is 2.17 bits per heavy atom. The van der Waals surface area contributed by atoms with Crippen molar-refractivity contribution in [3.05, 3.63) is 36.9 Å². The van der Waals surface area contributed by atoms with Crippen LogP contribution in [0.25, 0.3) is 0 Å². The van der Waals surface area contributed by atoms with Crippen molar-refractivity contribution in [3.8, 4) is 0 Å². The normalized spacial score (nSPS) is 19.0. The number of amides is 2. The fraction of sp³-hybridized carbons (Fsp3) is 0.500. The summed E-state index contributed by atoms with van der Waals surface area (Å²) in [5.74, 6) is -0.214. The minimum absolute atomic E-state index is 0.137. The van der Waals surface area contributed by atoms with Crippen LogP contribution in [0.5, 0.6) is 0 Å². The second-order valence-corrected chi connectivity index (χ2v) is 9.28. The maximum Gasteiger partial charge on any atom is 0.247 e. The zero-order valence-electron chi connectivity index (χ0n) is 16.5. The minimum Gasteiger partial charge on any atom is -0.342 e. The van der Waals surface area contributed by atoms with E-state index in [4.69, 9.17) is 0 Å². The van der Waals surface area contributed by atoms with Crippen LogP contribution in [0.3, 0.4) is 0 Å². The molecule has 2 amide bonds. The van der Waals surface area contributed by atoms with Crippen molar-refractivity contribution in [2.45, 2.75) is 24.2 Å². The van der Waals surface area contributed by atoms with Crippen molar-refractivity contribution in [3.63, 3.8) is 0 Å². The van der Waals surface area contributed by atoms with Gasteiger partial charge in [-0.25, -0.2) is 8.42 Å². The highest BCUT2D eigenvalue weighted by Crippen LogP contribution is 2.20. The van der Waals surface area contributed by atoms with Gasteiger partial charge in [-0.2, -0.15) is 4.31 Å². The Morgan fingerprint density at radius 1 is 0.966 bits per heavy atom. The number of sulfonamides is 1. The van der Waals surface area contributed by atoms with E-state index in [1.165, 1.54) is 22.9 Å². The predicted octanol–water partition coefficient (Wildman–Crippen LogP) is 1.13. The van der Waals surface area contributed by atoms with Crippen LogP contribution in [-0.4, -0.2) is 80.2 Å². The van der Waals surface area contributed by atoms with Crippen LogP contribution in [0.2, 0.25) is 0 Å². The van der Waals surface area contributed by atoms with E-state index < -0.39 is 10.0 Å². The van der Waals surface area contributed by atoms with E-state index >= 15 is 0 Å². The third kappa shape index (κ3) is 5.43. The average molecular weight is 421 g/mol. The molecule has 0 aromatic heterocycles. The monoisotopic (exact) mass is 420 g/mol. The van der Waals surface area contributed by atoms with Crippen LogP contribution in [0.4, 0.5) is 5.69 Å². The summed E-state index contributed by atoms with van der Waals surface area (Å²) in [6, 6.07) is 6.09. The molecule has 0 saturated carbocycles. The Labute approximate surface area is 172 Å². The molecule has 29 heavy (non-hydrogen) atoms. The molecule has 8 nitrogen and oxygen atoms in total. The fourth-order valence-corrected chi connectivity index (χ4v) is 5.04. The zero-order valence-corrected chi connectivity index (χ0v) is 17.4. The van der Waals surface area contributed by atoms with Gasteiger partial charge >= 0.3 is 0 Å². The average Bonchev–Trinajstić information content (AvgIpc) is 2.75. The first-order valence-corrected chi connectivity index (χ1v) is 11.4. The first-order valence-electron chi connectivity index (χ1n) is 9.94. The van der Waals surface area contributed by atoms with Crippen molar-refractivity contribution < 1.29 is 18.0 Å². The van der Waals surface area contributed by atoms with E-state index in [0.717, 1.165) is 32.0 Å². The maximum atomic E-state index is 12.9. The molecule has 1 aromatic rings. The lowest BCUT2D eigenvalue weighted by Crippen LogP contribution is -2.51. The SMILES string of the molecule is C=CC(=O)Nc1ccc(S(=O)(=O)N2CCN(CC(=O)N3CCCCC3)CC2)cc1. The first kappa shape index (κ1) is 21.5. The van der Waals surface area contributed by atoms with Gasteiger partial charge in [-0.1, -0.05) is 6.58 Å². The summed E-state index contributed by atoms with van der Waals surface area (Å²) in [4.78, 5) is 27.9. The Balaban J connectivity index is 1.54. The molecule has 0 atom stereocenters. The van der Waals surface area contributed by atoms with Crippen molar-refractivity contribution in [2.24, 2.45) is 0 Å². The molecule has 0 radical (unpaired) electrons. The second kappa shape index (κ2) is 9.51. The van der Waals surface area contributed by atoms with E-state index in [9.17, 15) is 18.0 Å². The number of nitrogens with one attached hydrogen (secondary N) is 1. The maximum absolute atomic E-state index is 12.9. The molecule has 3 rings (SSSR count).